The zero-order valence-corrected chi connectivity index (χ0v) is 12.9. The second-order valence-corrected chi connectivity index (χ2v) is 5.00. The van der Waals surface area contributed by atoms with Crippen LogP contribution in [-0.4, -0.2) is 24.8 Å². The van der Waals surface area contributed by atoms with Crippen LogP contribution in [0.5, 0.6) is 5.75 Å². The molecule has 0 radical (unpaired) electrons. The number of hydrogen-bond acceptors (Lipinski definition) is 4. The van der Waals surface area contributed by atoms with Crippen molar-refractivity contribution in [1.82, 2.24) is 10.6 Å². The molecule has 0 aliphatic heterocycles. The molecule has 2 amide bonds. The summed E-state index contributed by atoms with van der Waals surface area (Å²) in [5.74, 6) is 0.0230. The highest BCUT2D eigenvalue weighted by molar-refractivity contribution is 5.74. The number of carbonyl (C=O) groups excluding carboxylic acids is 1. The Bertz CT molecular complexity index is 646. The first kappa shape index (κ1) is 16.8. The van der Waals surface area contributed by atoms with Crippen LogP contribution in [0.3, 0.4) is 0 Å². The van der Waals surface area contributed by atoms with Crippen LogP contribution in [0.2, 0.25) is 0 Å². The first-order valence-corrected chi connectivity index (χ1v) is 7.10. The van der Waals surface area contributed by atoms with Crippen molar-refractivity contribution in [2.75, 3.05) is 13.7 Å². The molecule has 1 heterocycles. The van der Waals surface area contributed by atoms with Crippen molar-refractivity contribution in [1.29, 1.82) is 0 Å². The number of carbonyl (C=O) groups is 1. The number of ether oxygens (including phenoxy) is 1. The normalized spacial score (nSPS) is 13.2. The van der Waals surface area contributed by atoms with E-state index in [1.165, 1.54) is 25.5 Å². The second-order valence-electron chi connectivity index (χ2n) is 5.00. The third-order valence-corrected chi connectivity index (χ3v) is 3.35. The number of amides is 2. The lowest BCUT2D eigenvalue weighted by atomic mass is 10.1. The van der Waals surface area contributed by atoms with E-state index in [1.807, 2.05) is 0 Å². The maximum Gasteiger partial charge on any atom is 0.315 e. The van der Waals surface area contributed by atoms with Gasteiger partial charge in [-0.3, -0.25) is 0 Å². The Morgan fingerprint density at radius 2 is 2.22 bits per heavy atom. The molecule has 2 aromatic rings. The Kier molecular flexibility index (Phi) is 5.59. The van der Waals surface area contributed by atoms with Gasteiger partial charge in [0, 0.05) is 0 Å². The maximum atomic E-state index is 13.7. The number of aliphatic hydroxyl groups is 1. The van der Waals surface area contributed by atoms with Gasteiger partial charge in [0.15, 0.2) is 11.6 Å². The van der Waals surface area contributed by atoms with Gasteiger partial charge < -0.3 is 24.9 Å². The molecule has 2 atom stereocenters. The number of aliphatic hydroxyl groups excluding tert-OH is 1. The Labute approximate surface area is 133 Å². The van der Waals surface area contributed by atoms with Crippen molar-refractivity contribution in [3.05, 3.63) is 53.7 Å². The van der Waals surface area contributed by atoms with Crippen LogP contribution in [0.15, 0.2) is 41.0 Å². The molecular weight excluding hydrogens is 303 g/mol. The number of nitrogens with one attached hydrogen (secondary N) is 2. The fourth-order valence-electron chi connectivity index (χ4n) is 2.05. The lowest BCUT2D eigenvalue weighted by molar-refractivity contribution is 0.147. The molecule has 0 bridgehead atoms. The van der Waals surface area contributed by atoms with Gasteiger partial charge in [0.2, 0.25) is 0 Å². The lowest BCUT2D eigenvalue weighted by Crippen LogP contribution is -2.39. The van der Waals surface area contributed by atoms with Gasteiger partial charge in [-0.15, -0.1) is 0 Å². The molecule has 0 aliphatic rings. The summed E-state index contributed by atoms with van der Waals surface area (Å²) in [6, 6.07) is 6.87. The number of methoxy groups -OCH3 is 1. The van der Waals surface area contributed by atoms with Crippen LogP contribution in [-0.2, 0) is 0 Å². The van der Waals surface area contributed by atoms with E-state index in [4.69, 9.17) is 9.15 Å². The minimum absolute atomic E-state index is 0.00302. The number of benzene rings is 1. The molecular formula is C16H19FN2O4. The number of rotatable bonds is 6. The molecule has 0 fully saturated rings. The smallest absolute Gasteiger partial charge is 0.315 e. The van der Waals surface area contributed by atoms with E-state index in [9.17, 15) is 14.3 Å². The van der Waals surface area contributed by atoms with Crippen LogP contribution < -0.4 is 15.4 Å². The summed E-state index contributed by atoms with van der Waals surface area (Å²) in [5.41, 5.74) is 0.602. The van der Waals surface area contributed by atoms with Gasteiger partial charge in [-0.25, -0.2) is 9.18 Å². The van der Waals surface area contributed by atoms with Gasteiger partial charge in [-0.2, -0.15) is 0 Å². The molecule has 6 nitrogen and oxygen atoms in total. The Morgan fingerprint density at radius 3 is 2.83 bits per heavy atom. The summed E-state index contributed by atoms with van der Waals surface area (Å²) in [5, 5.41) is 15.0. The quantitative estimate of drug-likeness (QED) is 0.763. The van der Waals surface area contributed by atoms with Crippen molar-refractivity contribution in [3.63, 3.8) is 0 Å². The molecule has 23 heavy (non-hydrogen) atoms. The Hall–Kier alpha value is -2.54. The fraction of sp³-hybridized carbons (Fsp3) is 0.312. The molecule has 0 saturated carbocycles. The third kappa shape index (κ3) is 4.46. The zero-order chi connectivity index (χ0) is 16.8. The minimum Gasteiger partial charge on any atom is -0.494 e. The first-order valence-electron chi connectivity index (χ1n) is 7.10. The highest BCUT2D eigenvalue weighted by atomic mass is 19.1. The van der Waals surface area contributed by atoms with Crippen LogP contribution in [0.4, 0.5) is 9.18 Å². The Balaban J connectivity index is 1.86. The van der Waals surface area contributed by atoms with Crippen molar-refractivity contribution in [2.45, 2.75) is 19.1 Å². The fourth-order valence-corrected chi connectivity index (χ4v) is 2.05. The number of urea groups is 1. The number of furan rings is 1. The number of hydrogen-bond donors (Lipinski definition) is 3. The molecule has 0 saturated heterocycles. The molecule has 1 aromatic heterocycles. The Morgan fingerprint density at radius 1 is 1.43 bits per heavy atom. The molecule has 0 aliphatic carbocycles. The van der Waals surface area contributed by atoms with E-state index in [-0.39, 0.29) is 12.3 Å². The van der Waals surface area contributed by atoms with Gasteiger partial charge >= 0.3 is 6.03 Å². The van der Waals surface area contributed by atoms with Crippen LogP contribution >= 0.6 is 0 Å². The van der Waals surface area contributed by atoms with Gasteiger partial charge in [-0.05, 0) is 36.8 Å². The van der Waals surface area contributed by atoms with Crippen molar-refractivity contribution in [2.24, 2.45) is 0 Å². The van der Waals surface area contributed by atoms with E-state index in [1.54, 1.807) is 25.1 Å². The molecule has 3 N–H and O–H groups in total. The van der Waals surface area contributed by atoms with Crippen LogP contribution in [0.25, 0.3) is 0 Å². The summed E-state index contributed by atoms with van der Waals surface area (Å²) >= 11 is 0. The molecule has 0 spiro atoms. The maximum absolute atomic E-state index is 13.7. The summed E-state index contributed by atoms with van der Waals surface area (Å²) < 4.78 is 23.5. The summed E-state index contributed by atoms with van der Waals surface area (Å²) in [6.07, 6.45) is 0.517. The molecule has 2 rings (SSSR count). The summed E-state index contributed by atoms with van der Waals surface area (Å²) in [6.45, 7) is 1.73. The average Bonchev–Trinajstić information content (AvgIpc) is 3.07. The predicted molar refractivity (Wildman–Crippen MR) is 81.6 cm³/mol. The topological polar surface area (TPSA) is 83.7 Å². The van der Waals surface area contributed by atoms with Gasteiger partial charge in [0.1, 0.15) is 11.9 Å². The molecule has 124 valence electrons. The van der Waals surface area contributed by atoms with E-state index in [2.05, 4.69) is 10.6 Å². The third-order valence-electron chi connectivity index (χ3n) is 3.35. The average molecular weight is 322 g/mol. The standard InChI is InChI=1S/C16H19FN2O4/c1-10(11-5-6-14(22-2)12(17)8-11)19-16(21)18-9-13(20)15-4-3-7-23-15/h3-8,10,13,20H,9H2,1-2H3,(H2,18,19,21). The monoisotopic (exact) mass is 322 g/mol. The molecule has 2 unspecified atom stereocenters. The van der Waals surface area contributed by atoms with Gasteiger partial charge in [0.25, 0.3) is 0 Å². The zero-order valence-electron chi connectivity index (χ0n) is 12.9. The van der Waals surface area contributed by atoms with Crippen molar-refractivity contribution >= 4 is 6.03 Å². The van der Waals surface area contributed by atoms with Crippen LogP contribution in [0, 0.1) is 5.82 Å². The van der Waals surface area contributed by atoms with E-state index in [0.29, 0.717) is 11.3 Å². The van der Waals surface area contributed by atoms with Crippen molar-refractivity contribution < 1.29 is 23.4 Å². The first-order chi connectivity index (χ1) is 11.0. The summed E-state index contributed by atoms with van der Waals surface area (Å²) in [4.78, 5) is 11.8. The predicted octanol–water partition coefficient (Wildman–Crippen LogP) is 2.52. The highest BCUT2D eigenvalue weighted by Gasteiger charge is 2.15. The van der Waals surface area contributed by atoms with E-state index in [0.717, 1.165) is 0 Å². The van der Waals surface area contributed by atoms with E-state index >= 15 is 0 Å². The highest BCUT2D eigenvalue weighted by Crippen LogP contribution is 2.21. The second kappa shape index (κ2) is 7.64. The largest absolute Gasteiger partial charge is 0.494 e. The lowest BCUT2D eigenvalue weighted by Gasteiger charge is -2.16. The van der Waals surface area contributed by atoms with Crippen molar-refractivity contribution in [3.8, 4) is 5.75 Å². The number of halogens is 1. The summed E-state index contributed by atoms with van der Waals surface area (Å²) in [7, 11) is 1.39. The molecule has 1 aromatic carbocycles. The minimum atomic E-state index is -0.926. The van der Waals surface area contributed by atoms with Crippen LogP contribution in [0.1, 0.15) is 30.4 Å². The molecule has 7 heteroatoms. The van der Waals surface area contributed by atoms with Gasteiger partial charge in [0.05, 0.1) is 26.0 Å². The van der Waals surface area contributed by atoms with E-state index < -0.39 is 24.0 Å². The SMILES string of the molecule is COc1ccc(C(C)NC(=O)NCC(O)c2ccco2)cc1F. The van der Waals surface area contributed by atoms with Gasteiger partial charge in [-0.1, -0.05) is 6.07 Å².